The van der Waals surface area contributed by atoms with E-state index in [1.165, 1.54) is 0 Å². The van der Waals surface area contributed by atoms with Crippen molar-refractivity contribution >= 4 is 39.2 Å². The van der Waals surface area contributed by atoms with Crippen molar-refractivity contribution in [2.75, 3.05) is 6.61 Å². The molecule has 31 heavy (non-hydrogen) atoms. The summed E-state index contributed by atoms with van der Waals surface area (Å²) in [5.41, 5.74) is -13.7. The van der Waals surface area contributed by atoms with Gasteiger partial charge in [-0.25, -0.2) is 0 Å². The molecule has 4 atom stereocenters. The van der Waals surface area contributed by atoms with E-state index in [1.807, 2.05) is 0 Å². The highest BCUT2D eigenvalue weighted by atomic mass is 32.2. The molecule has 0 aromatic carbocycles. The van der Waals surface area contributed by atoms with Gasteiger partial charge in [0.1, 0.15) is 12.2 Å². The van der Waals surface area contributed by atoms with Crippen LogP contribution >= 0.6 is 0 Å². The molecule has 0 radical (unpaired) electrons. The monoisotopic (exact) mass is 480 g/mol. The molecule has 0 aromatic rings. The van der Waals surface area contributed by atoms with Crippen LogP contribution in [0.2, 0.25) is 0 Å². The lowest BCUT2D eigenvalue weighted by atomic mass is 9.69. The third-order valence-corrected chi connectivity index (χ3v) is 4.99. The molecule has 16 heteroatoms. The van der Waals surface area contributed by atoms with Gasteiger partial charge in [-0.2, -0.15) is 21.6 Å². The number of ether oxygens (including phenoxy) is 1. The molecule has 0 fully saturated rings. The lowest BCUT2D eigenvalue weighted by Gasteiger charge is -2.44. The maximum atomic E-state index is 12.4. The van der Waals surface area contributed by atoms with Crippen LogP contribution in [0.5, 0.6) is 0 Å². The first-order valence-corrected chi connectivity index (χ1v) is 9.42. The second-order valence-corrected chi connectivity index (χ2v) is 7.84. The fraction of sp³-hybridized carbons (Fsp3) is 0.667. The number of halogens is 3. The summed E-state index contributed by atoms with van der Waals surface area (Å²) >= 11 is 0. The number of rotatable bonds is 11. The zero-order valence-corrected chi connectivity index (χ0v) is 17.2. The van der Waals surface area contributed by atoms with Gasteiger partial charge >= 0.3 is 21.6 Å². The predicted molar refractivity (Wildman–Crippen MR) is 89.4 cm³/mol. The minimum atomic E-state index is -6.30. The number of carbonyl (C=O) groups is 5. The second kappa shape index (κ2) is 9.47. The van der Waals surface area contributed by atoms with Crippen LogP contribution in [0.3, 0.4) is 0 Å². The minimum Gasteiger partial charge on any atom is -0.439 e. The van der Waals surface area contributed by atoms with Crippen LogP contribution in [0.4, 0.5) is 13.2 Å². The van der Waals surface area contributed by atoms with Crippen LogP contribution in [0, 0.1) is 0 Å². The average molecular weight is 480 g/mol. The van der Waals surface area contributed by atoms with Crippen molar-refractivity contribution in [2.24, 2.45) is 0 Å². The first-order chi connectivity index (χ1) is 13.7. The van der Waals surface area contributed by atoms with Gasteiger partial charge in [-0.05, 0) is 13.8 Å². The average Bonchev–Trinajstić information content (AvgIpc) is 2.60. The Hall–Kier alpha value is -2.27. The molecule has 0 saturated carbocycles. The Morgan fingerprint density at radius 2 is 1.39 bits per heavy atom. The SMILES string of the molecule is CC(=O)O[C@](C(C)=O)(C(=O)C(C)=O)[C@](O)(C(C)=O)[C@H](O)[C@H](O)COS(=O)(=O)C(F)(F)F. The smallest absolute Gasteiger partial charge is 0.439 e. The summed E-state index contributed by atoms with van der Waals surface area (Å²) in [4.78, 5) is 60.0. The van der Waals surface area contributed by atoms with Gasteiger partial charge in [0, 0.05) is 13.8 Å². The van der Waals surface area contributed by atoms with Crippen LogP contribution in [0.1, 0.15) is 27.7 Å². The number of hydrogen-bond acceptors (Lipinski definition) is 12. The molecule has 178 valence electrons. The van der Waals surface area contributed by atoms with Crippen molar-refractivity contribution in [3.8, 4) is 0 Å². The van der Waals surface area contributed by atoms with Crippen molar-refractivity contribution < 1.29 is 69.8 Å². The van der Waals surface area contributed by atoms with Crippen molar-refractivity contribution in [3.05, 3.63) is 0 Å². The molecule has 0 saturated heterocycles. The minimum absolute atomic E-state index is 0.415. The topological polar surface area (TPSA) is 199 Å². The third-order valence-electron chi connectivity index (χ3n) is 3.98. The molecule has 12 nitrogen and oxygen atoms in total. The molecule has 0 heterocycles. The van der Waals surface area contributed by atoms with E-state index in [0.29, 0.717) is 27.7 Å². The van der Waals surface area contributed by atoms with Crippen LogP contribution in [0.15, 0.2) is 0 Å². The van der Waals surface area contributed by atoms with Gasteiger partial charge in [-0.1, -0.05) is 0 Å². The Kier molecular flexibility index (Phi) is 8.78. The van der Waals surface area contributed by atoms with E-state index in [0.717, 1.165) is 0 Å². The summed E-state index contributed by atoms with van der Waals surface area (Å²) in [7, 11) is -6.30. The number of aliphatic hydroxyl groups is 3. The molecular weight excluding hydrogens is 461 g/mol. The van der Waals surface area contributed by atoms with Crippen LogP contribution in [-0.2, 0) is 43.0 Å². The Balaban J connectivity index is 6.62. The van der Waals surface area contributed by atoms with E-state index < -0.39 is 74.7 Å². The summed E-state index contributed by atoms with van der Waals surface area (Å²) in [6, 6.07) is 0. The van der Waals surface area contributed by atoms with Crippen LogP contribution < -0.4 is 0 Å². The quantitative estimate of drug-likeness (QED) is 0.0962. The molecule has 0 aliphatic carbocycles. The molecule has 0 rings (SSSR count). The zero-order chi connectivity index (χ0) is 25.2. The van der Waals surface area contributed by atoms with Gasteiger partial charge in [0.2, 0.25) is 5.60 Å². The summed E-state index contributed by atoms with van der Waals surface area (Å²) in [6.45, 7) is 0.0551. The standard InChI is InChI=1S/C15H19F3O12S/c1-6(19)11(24)14(8(3)21,30-9(4)22)13(26,7(2)20)12(25)10(23)5-29-31(27,28)15(16,17)18/h10,12,23,25-26H,5H2,1-4H3/t10-,12-,13+,14-/m1/s1. The maximum Gasteiger partial charge on any atom is 0.523 e. The summed E-state index contributed by atoms with van der Waals surface area (Å²) < 4.78 is 66.8. The zero-order valence-electron chi connectivity index (χ0n) is 16.4. The number of alkyl halides is 3. The van der Waals surface area contributed by atoms with E-state index in [2.05, 4.69) is 8.92 Å². The number of esters is 1. The molecule has 0 unspecified atom stereocenters. The van der Waals surface area contributed by atoms with E-state index in [1.54, 1.807) is 0 Å². The van der Waals surface area contributed by atoms with Gasteiger partial charge in [0.25, 0.3) is 11.4 Å². The third kappa shape index (κ3) is 5.32. The van der Waals surface area contributed by atoms with Crippen molar-refractivity contribution in [3.63, 3.8) is 0 Å². The number of aliphatic hydroxyl groups excluding tert-OH is 2. The summed E-state index contributed by atoms with van der Waals surface area (Å²) in [5, 5.41) is 30.9. The lowest BCUT2D eigenvalue weighted by Crippen LogP contribution is -2.76. The van der Waals surface area contributed by atoms with E-state index in [4.69, 9.17) is 0 Å². The molecule has 0 bridgehead atoms. The Morgan fingerprint density at radius 1 is 0.935 bits per heavy atom. The molecule has 0 spiro atoms. The largest absolute Gasteiger partial charge is 0.523 e. The Labute approximate surface area is 173 Å². The van der Waals surface area contributed by atoms with Crippen molar-refractivity contribution in [1.29, 1.82) is 0 Å². The number of carbonyl (C=O) groups excluding carboxylic acids is 5. The van der Waals surface area contributed by atoms with Crippen molar-refractivity contribution in [1.82, 2.24) is 0 Å². The van der Waals surface area contributed by atoms with E-state index in [-0.39, 0.29) is 0 Å². The highest BCUT2D eigenvalue weighted by Crippen LogP contribution is 2.36. The Morgan fingerprint density at radius 3 is 1.68 bits per heavy atom. The fourth-order valence-corrected chi connectivity index (χ4v) is 2.97. The highest BCUT2D eigenvalue weighted by molar-refractivity contribution is 7.87. The van der Waals surface area contributed by atoms with Crippen LogP contribution in [-0.4, -0.2) is 88.4 Å². The normalized spacial score (nSPS) is 18.1. The van der Waals surface area contributed by atoms with Gasteiger partial charge in [0.05, 0.1) is 6.61 Å². The predicted octanol–water partition coefficient (Wildman–Crippen LogP) is -2.06. The first-order valence-electron chi connectivity index (χ1n) is 8.01. The van der Waals surface area contributed by atoms with E-state index in [9.17, 15) is 60.9 Å². The number of hydrogen-bond donors (Lipinski definition) is 3. The number of Topliss-reactive ketones (excluding diaryl/α,β-unsaturated/α-hetero) is 4. The van der Waals surface area contributed by atoms with Gasteiger partial charge in [-0.3, -0.25) is 28.2 Å². The highest BCUT2D eigenvalue weighted by Gasteiger charge is 2.70. The van der Waals surface area contributed by atoms with Crippen molar-refractivity contribution in [2.45, 2.75) is 56.6 Å². The Bertz CT molecular complexity index is 880. The molecule has 3 N–H and O–H groups in total. The molecule has 0 amide bonds. The maximum absolute atomic E-state index is 12.4. The second-order valence-electron chi connectivity index (χ2n) is 6.24. The summed E-state index contributed by atoms with van der Waals surface area (Å²) in [6.07, 6.45) is -6.06. The molecule has 0 aromatic heterocycles. The summed E-state index contributed by atoms with van der Waals surface area (Å²) in [5.74, 6) is -8.56. The van der Waals surface area contributed by atoms with Crippen LogP contribution in [0.25, 0.3) is 0 Å². The van der Waals surface area contributed by atoms with E-state index >= 15 is 0 Å². The first kappa shape index (κ1) is 28.7. The molecule has 0 aliphatic heterocycles. The van der Waals surface area contributed by atoms with Gasteiger partial charge in [0.15, 0.2) is 17.3 Å². The lowest BCUT2D eigenvalue weighted by molar-refractivity contribution is -0.225. The fourth-order valence-electron chi connectivity index (χ4n) is 2.52. The van der Waals surface area contributed by atoms with Gasteiger partial charge < -0.3 is 20.1 Å². The van der Waals surface area contributed by atoms with Gasteiger partial charge in [-0.15, -0.1) is 0 Å². The molecule has 0 aliphatic rings. The molecular formula is C15H19F3O12S. The number of ketones is 4.